The van der Waals surface area contributed by atoms with Gasteiger partial charge >= 0.3 is 5.97 Å². The van der Waals surface area contributed by atoms with E-state index in [2.05, 4.69) is 30.1 Å². The van der Waals surface area contributed by atoms with Crippen LogP contribution in [0.25, 0.3) is 6.08 Å². The molecule has 116 valence electrons. The van der Waals surface area contributed by atoms with Crippen LogP contribution in [0.15, 0.2) is 59.2 Å². The Morgan fingerprint density at radius 3 is 2.65 bits per heavy atom. The van der Waals surface area contributed by atoms with Gasteiger partial charge in [0.15, 0.2) is 11.6 Å². The van der Waals surface area contributed by atoms with Crippen molar-refractivity contribution in [1.29, 1.82) is 0 Å². The quantitative estimate of drug-likeness (QED) is 0.626. The lowest BCUT2D eigenvalue weighted by atomic mass is 10.1. The first-order valence-corrected chi connectivity index (χ1v) is 7.74. The highest BCUT2D eigenvalue weighted by Gasteiger charge is 2.22. The molecule has 3 rings (SSSR count). The Balaban J connectivity index is 1.73. The predicted molar refractivity (Wildman–Crippen MR) is 92.2 cm³/mol. The highest BCUT2D eigenvalue weighted by Crippen LogP contribution is 2.19. The maximum atomic E-state index is 12.0. The van der Waals surface area contributed by atoms with Gasteiger partial charge in [-0.2, -0.15) is 0 Å². The van der Waals surface area contributed by atoms with Gasteiger partial charge in [-0.15, -0.1) is 0 Å². The number of nitrogens with zero attached hydrogens (tertiary/aromatic N) is 1. The predicted octanol–water partition coefficient (Wildman–Crippen LogP) is 4.23. The zero-order valence-corrected chi connectivity index (χ0v) is 13.4. The molecular weight excluding hydrogens is 286 g/mol. The largest absolute Gasteiger partial charge is 0.407 e. The molecule has 1 aliphatic rings. The van der Waals surface area contributed by atoms with Crippen molar-refractivity contribution >= 4 is 17.9 Å². The fourth-order valence-corrected chi connectivity index (χ4v) is 2.58. The summed E-state index contributed by atoms with van der Waals surface area (Å²) in [5.74, 6) is 0.129. The zero-order chi connectivity index (χ0) is 16.2. The van der Waals surface area contributed by atoms with Crippen molar-refractivity contribution in [2.45, 2.75) is 26.7 Å². The van der Waals surface area contributed by atoms with Crippen LogP contribution < -0.4 is 0 Å². The van der Waals surface area contributed by atoms with E-state index in [1.807, 2.05) is 37.3 Å². The van der Waals surface area contributed by atoms with Crippen LogP contribution >= 0.6 is 0 Å². The van der Waals surface area contributed by atoms with Gasteiger partial charge in [0.1, 0.15) is 0 Å². The Morgan fingerprint density at radius 2 is 1.87 bits per heavy atom. The van der Waals surface area contributed by atoms with Crippen LogP contribution in [0.2, 0.25) is 0 Å². The van der Waals surface area contributed by atoms with Crippen molar-refractivity contribution in [3.8, 4) is 0 Å². The molecule has 0 fully saturated rings. The Kier molecular flexibility index (Phi) is 4.38. The topological polar surface area (TPSA) is 38.7 Å². The van der Waals surface area contributed by atoms with Crippen LogP contribution in [0.3, 0.4) is 0 Å². The van der Waals surface area contributed by atoms with Gasteiger partial charge in [-0.1, -0.05) is 54.1 Å². The lowest BCUT2D eigenvalue weighted by Crippen LogP contribution is -2.05. The van der Waals surface area contributed by atoms with Crippen molar-refractivity contribution in [3.63, 3.8) is 0 Å². The summed E-state index contributed by atoms with van der Waals surface area (Å²) in [6.07, 6.45) is 3.23. The van der Waals surface area contributed by atoms with E-state index >= 15 is 0 Å². The number of carbonyl (C=O) groups excluding carboxylic acids is 1. The molecule has 3 nitrogen and oxygen atoms in total. The minimum atomic E-state index is -0.368. The highest BCUT2D eigenvalue weighted by atomic mass is 16.6. The van der Waals surface area contributed by atoms with Gasteiger partial charge in [-0.3, -0.25) is 0 Å². The molecule has 0 spiro atoms. The SMILES string of the molecule is Cc1cccc(CCC2=N/C(=C\c3ccccc3C)C(=O)O2)c1. The molecule has 3 heteroatoms. The molecular formula is C20H19NO2. The standard InChI is InChI=1S/C20H19NO2/c1-14-6-5-8-16(12-14)10-11-19-21-18(20(22)23-19)13-17-9-4-3-7-15(17)2/h3-9,12-13H,10-11H2,1-2H3/b18-13-. The summed E-state index contributed by atoms with van der Waals surface area (Å²) in [6.45, 7) is 4.08. The zero-order valence-electron chi connectivity index (χ0n) is 13.4. The maximum Gasteiger partial charge on any atom is 0.363 e. The molecule has 0 radical (unpaired) electrons. The maximum absolute atomic E-state index is 12.0. The van der Waals surface area contributed by atoms with Gasteiger partial charge in [-0.05, 0) is 43.0 Å². The molecule has 0 amide bonds. The molecule has 0 N–H and O–H groups in total. The summed E-state index contributed by atoms with van der Waals surface area (Å²) in [5, 5.41) is 0. The third kappa shape index (κ3) is 3.75. The summed E-state index contributed by atoms with van der Waals surface area (Å²) in [7, 11) is 0. The van der Waals surface area contributed by atoms with Gasteiger partial charge in [-0.25, -0.2) is 9.79 Å². The number of hydrogen-bond donors (Lipinski definition) is 0. The molecule has 0 unspecified atom stereocenters. The molecule has 0 aliphatic carbocycles. The van der Waals surface area contributed by atoms with E-state index in [-0.39, 0.29) is 5.97 Å². The first-order chi connectivity index (χ1) is 11.1. The first kappa shape index (κ1) is 15.2. The van der Waals surface area contributed by atoms with E-state index in [0.717, 1.165) is 17.5 Å². The van der Waals surface area contributed by atoms with Crippen LogP contribution in [0.5, 0.6) is 0 Å². The van der Waals surface area contributed by atoms with E-state index in [1.54, 1.807) is 6.08 Å². The van der Waals surface area contributed by atoms with Crippen molar-refractivity contribution in [2.75, 3.05) is 0 Å². The van der Waals surface area contributed by atoms with Crippen molar-refractivity contribution in [3.05, 3.63) is 76.5 Å². The van der Waals surface area contributed by atoms with Crippen molar-refractivity contribution < 1.29 is 9.53 Å². The number of esters is 1. The molecule has 0 bridgehead atoms. The average Bonchev–Trinajstić information content (AvgIpc) is 2.88. The van der Waals surface area contributed by atoms with Gasteiger partial charge in [0, 0.05) is 6.42 Å². The fourth-order valence-electron chi connectivity index (χ4n) is 2.58. The second kappa shape index (κ2) is 6.61. The molecule has 23 heavy (non-hydrogen) atoms. The van der Waals surface area contributed by atoms with Crippen LogP contribution in [0, 0.1) is 13.8 Å². The average molecular weight is 305 g/mol. The first-order valence-electron chi connectivity index (χ1n) is 7.74. The summed E-state index contributed by atoms with van der Waals surface area (Å²) >= 11 is 0. The number of cyclic esters (lactones) is 1. The molecule has 0 saturated heterocycles. The number of rotatable bonds is 4. The Labute approximate surface area is 136 Å². The van der Waals surface area contributed by atoms with Crippen LogP contribution in [-0.4, -0.2) is 11.9 Å². The van der Waals surface area contributed by atoms with Gasteiger partial charge < -0.3 is 4.74 Å². The van der Waals surface area contributed by atoms with Crippen molar-refractivity contribution in [2.24, 2.45) is 4.99 Å². The van der Waals surface area contributed by atoms with E-state index in [4.69, 9.17) is 4.74 Å². The van der Waals surface area contributed by atoms with Crippen LogP contribution in [-0.2, 0) is 16.0 Å². The second-order valence-electron chi connectivity index (χ2n) is 5.77. The van der Waals surface area contributed by atoms with Gasteiger partial charge in [0.25, 0.3) is 0 Å². The Hall–Kier alpha value is -2.68. The minimum Gasteiger partial charge on any atom is -0.407 e. The third-order valence-electron chi connectivity index (χ3n) is 3.86. The third-order valence-corrected chi connectivity index (χ3v) is 3.86. The Morgan fingerprint density at radius 1 is 1.04 bits per heavy atom. The highest BCUT2D eigenvalue weighted by molar-refractivity contribution is 6.07. The number of carbonyl (C=O) groups is 1. The number of ether oxygens (including phenoxy) is 1. The van der Waals surface area contributed by atoms with Gasteiger partial charge in [0.05, 0.1) is 0 Å². The number of benzene rings is 2. The lowest BCUT2D eigenvalue weighted by Gasteiger charge is -2.01. The smallest absolute Gasteiger partial charge is 0.363 e. The molecule has 1 aliphatic heterocycles. The van der Waals surface area contributed by atoms with E-state index < -0.39 is 0 Å². The summed E-state index contributed by atoms with van der Waals surface area (Å²) in [5.41, 5.74) is 4.92. The molecule has 2 aromatic carbocycles. The summed E-state index contributed by atoms with van der Waals surface area (Å²) in [6, 6.07) is 16.2. The monoisotopic (exact) mass is 305 g/mol. The normalized spacial score (nSPS) is 15.7. The number of aryl methyl sites for hydroxylation is 3. The van der Waals surface area contributed by atoms with Gasteiger partial charge in [0.2, 0.25) is 0 Å². The lowest BCUT2D eigenvalue weighted by molar-refractivity contribution is -0.130. The molecule has 0 saturated carbocycles. The summed E-state index contributed by atoms with van der Waals surface area (Å²) < 4.78 is 5.28. The van der Waals surface area contributed by atoms with Crippen LogP contribution in [0.4, 0.5) is 0 Å². The molecule has 1 heterocycles. The number of hydrogen-bond acceptors (Lipinski definition) is 3. The molecule has 2 aromatic rings. The summed E-state index contributed by atoms with van der Waals surface area (Å²) in [4.78, 5) is 16.3. The molecule has 0 aromatic heterocycles. The Bertz CT molecular complexity index is 803. The second-order valence-corrected chi connectivity index (χ2v) is 5.77. The van der Waals surface area contributed by atoms with Crippen LogP contribution in [0.1, 0.15) is 28.7 Å². The molecule has 0 atom stereocenters. The number of aliphatic imine (C=N–C) groups is 1. The minimum absolute atomic E-state index is 0.368. The fraction of sp³-hybridized carbons (Fsp3) is 0.200. The van der Waals surface area contributed by atoms with E-state index in [0.29, 0.717) is 18.0 Å². The van der Waals surface area contributed by atoms with E-state index in [9.17, 15) is 4.79 Å². The van der Waals surface area contributed by atoms with Crippen molar-refractivity contribution in [1.82, 2.24) is 0 Å². The van der Waals surface area contributed by atoms with E-state index in [1.165, 1.54) is 11.1 Å².